The van der Waals surface area contributed by atoms with Crippen molar-refractivity contribution in [2.24, 2.45) is 0 Å². The third-order valence-electron chi connectivity index (χ3n) is 3.87. The highest BCUT2D eigenvalue weighted by Gasteiger charge is 2.40. The van der Waals surface area contributed by atoms with Gasteiger partial charge in [0.15, 0.2) is 0 Å². The Labute approximate surface area is 189 Å². The third kappa shape index (κ3) is 8.84. The van der Waals surface area contributed by atoms with Gasteiger partial charge in [0.2, 0.25) is 0 Å². The van der Waals surface area contributed by atoms with Crippen LogP contribution in [-0.2, 0) is 36.3 Å². The Balaban J connectivity index is 2.09. The van der Waals surface area contributed by atoms with Crippen molar-refractivity contribution >= 4 is 45.5 Å². The minimum Gasteiger partial charge on any atom is -0.364 e. The summed E-state index contributed by atoms with van der Waals surface area (Å²) < 4.78 is 58.9. The van der Waals surface area contributed by atoms with E-state index in [1.807, 2.05) is 6.26 Å². The number of aryl methyl sites for hydroxylation is 1. The Morgan fingerprint density at radius 1 is 1.31 bits per heavy atom. The standard InChI is InChI=1S/C12H21N2O13P3S2/c1-7-4-14(12(16)13-11(7)15)10-3-8(23-6-32-31-2)9(25-10)5-24-30(21,22)27-28(17)26-29(18,19)20/h4,8-10,28H,3,5-6H2,1-2H3,(H,21,22)(H,13,15,16)(H2,18,19,20)/t8-,9+,10?/m0/s1. The summed E-state index contributed by atoms with van der Waals surface area (Å²) in [5.41, 5.74) is -1.03. The second-order valence-corrected chi connectivity index (χ2v) is 12.8. The monoisotopic (exact) mass is 558 g/mol. The molecule has 0 amide bonds. The zero-order valence-corrected chi connectivity index (χ0v) is 20.9. The minimum atomic E-state index is -5.21. The number of nitrogens with one attached hydrogen (secondary N) is 1. The highest BCUT2D eigenvalue weighted by molar-refractivity contribution is 8.76. The van der Waals surface area contributed by atoms with E-state index < -0.39 is 60.2 Å². The molecule has 0 spiro atoms. The first-order valence-electron chi connectivity index (χ1n) is 8.52. The van der Waals surface area contributed by atoms with Crippen molar-refractivity contribution in [1.82, 2.24) is 9.55 Å². The van der Waals surface area contributed by atoms with E-state index in [2.05, 4.69) is 13.6 Å². The lowest BCUT2D eigenvalue weighted by Crippen LogP contribution is -2.33. The Bertz CT molecular complexity index is 1030. The summed E-state index contributed by atoms with van der Waals surface area (Å²) in [6.45, 7) is 0.871. The Morgan fingerprint density at radius 2 is 2.00 bits per heavy atom. The fourth-order valence-electron chi connectivity index (χ4n) is 2.56. The molecule has 2 rings (SSSR count). The molecule has 1 saturated heterocycles. The molecule has 0 aliphatic carbocycles. The maximum absolute atomic E-state index is 12.1. The molecule has 1 fully saturated rings. The summed E-state index contributed by atoms with van der Waals surface area (Å²) in [6.07, 6.45) is 0.661. The van der Waals surface area contributed by atoms with Crippen molar-refractivity contribution in [3.05, 3.63) is 32.6 Å². The van der Waals surface area contributed by atoms with Crippen LogP contribution in [0.15, 0.2) is 15.8 Å². The quantitative estimate of drug-likeness (QED) is 0.122. The number of hydrogen-bond acceptors (Lipinski definition) is 12. The van der Waals surface area contributed by atoms with Crippen molar-refractivity contribution in [2.75, 3.05) is 18.8 Å². The Kier molecular flexibility index (Phi) is 10.4. The van der Waals surface area contributed by atoms with Gasteiger partial charge in [-0.05, 0) is 13.2 Å². The van der Waals surface area contributed by atoms with Crippen LogP contribution in [-0.4, -0.2) is 55.2 Å². The average molecular weight is 558 g/mol. The molecule has 0 aromatic carbocycles. The Hall–Kier alpha value is -0.250. The van der Waals surface area contributed by atoms with Gasteiger partial charge in [-0.3, -0.25) is 23.4 Å². The van der Waals surface area contributed by atoms with E-state index in [-0.39, 0.29) is 17.9 Å². The van der Waals surface area contributed by atoms with E-state index in [0.29, 0.717) is 0 Å². The lowest BCUT2D eigenvalue weighted by atomic mass is 10.2. The number of aromatic amines is 1. The molecule has 20 heteroatoms. The maximum Gasteiger partial charge on any atom is 0.479 e. The van der Waals surface area contributed by atoms with Gasteiger partial charge in [-0.2, -0.15) is 0 Å². The van der Waals surface area contributed by atoms with Gasteiger partial charge in [0, 0.05) is 18.2 Å². The molecular weight excluding hydrogens is 537 g/mol. The first-order valence-corrected chi connectivity index (χ1v) is 15.5. The van der Waals surface area contributed by atoms with Crippen molar-refractivity contribution in [3.8, 4) is 0 Å². The molecule has 2 heterocycles. The second-order valence-electron chi connectivity index (χ2n) is 6.14. The molecule has 0 radical (unpaired) electrons. The molecule has 1 aliphatic rings. The Morgan fingerprint density at radius 3 is 2.62 bits per heavy atom. The van der Waals surface area contributed by atoms with Crippen LogP contribution in [0.5, 0.6) is 0 Å². The molecule has 3 unspecified atom stereocenters. The van der Waals surface area contributed by atoms with Gasteiger partial charge in [-0.25, -0.2) is 22.5 Å². The number of phosphoric ester groups is 1. The lowest BCUT2D eigenvalue weighted by molar-refractivity contribution is -0.0541. The summed E-state index contributed by atoms with van der Waals surface area (Å²) >= 11 is 0. The van der Waals surface area contributed by atoms with Crippen LogP contribution in [0.4, 0.5) is 0 Å². The number of rotatable bonds is 12. The van der Waals surface area contributed by atoms with E-state index in [9.17, 15) is 28.2 Å². The zero-order chi connectivity index (χ0) is 24.1. The van der Waals surface area contributed by atoms with Crippen LogP contribution >= 0.6 is 45.5 Å². The first-order chi connectivity index (χ1) is 14.8. The third-order valence-corrected chi connectivity index (χ3v) is 8.88. The van der Waals surface area contributed by atoms with Gasteiger partial charge in [0.05, 0.1) is 12.7 Å². The molecule has 5 atom stereocenters. The van der Waals surface area contributed by atoms with E-state index in [4.69, 9.17) is 23.8 Å². The molecule has 0 saturated carbocycles. The number of phosphoric acid groups is 2. The summed E-state index contributed by atoms with van der Waals surface area (Å²) in [5, 5.41) is 0. The van der Waals surface area contributed by atoms with Gasteiger partial charge >= 0.3 is 29.6 Å². The second kappa shape index (κ2) is 11.9. The van der Waals surface area contributed by atoms with Gasteiger partial charge in [-0.1, -0.05) is 21.6 Å². The number of H-pyrrole nitrogens is 1. The van der Waals surface area contributed by atoms with Crippen LogP contribution in [0, 0.1) is 6.92 Å². The first kappa shape index (κ1) is 28.0. The summed E-state index contributed by atoms with van der Waals surface area (Å²) in [4.78, 5) is 52.6. The topological polar surface area (TPSA) is 213 Å². The van der Waals surface area contributed by atoms with Gasteiger partial charge in [0.1, 0.15) is 18.3 Å². The van der Waals surface area contributed by atoms with Crippen LogP contribution in [0.2, 0.25) is 0 Å². The zero-order valence-electron chi connectivity index (χ0n) is 16.5. The van der Waals surface area contributed by atoms with Gasteiger partial charge in [0.25, 0.3) is 5.56 Å². The lowest BCUT2D eigenvalue weighted by Gasteiger charge is -2.20. The molecule has 4 N–H and O–H groups in total. The fraction of sp³-hybridized carbons (Fsp3) is 0.667. The maximum atomic E-state index is 12.1. The SMILES string of the molecule is CSSCO[C@H]1CC(n2cc(C)c(=O)[nH]c2=O)O[C@@H]1COP(=O)(O)O[PH](=O)OP(=O)(O)O. The molecule has 184 valence electrons. The molecule has 1 aromatic heterocycles. The number of aromatic nitrogens is 2. The van der Waals surface area contributed by atoms with Crippen LogP contribution in [0.25, 0.3) is 0 Å². The van der Waals surface area contributed by atoms with Crippen molar-refractivity contribution in [1.29, 1.82) is 0 Å². The minimum absolute atomic E-state index is 0.128. The van der Waals surface area contributed by atoms with E-state index >= 15 is 0 Å². The van der Waals surface area contributed by atoms with Crippen molar-refractivity contribution in [3.63, 3.8) is 0 Å². The molecule has 0 bridgehead atoms. The predicted octanol–water partition coefficient (Wildman–Crippen LogP) is 1.12. The van der Waals surface area contributed by atoms with Crippen LogP contribution in [0.3, 0.4) is 0 Å². The molecular formula is C12H21N2O13P3S2. The number of hydrogen-bond donors (Lipinski definition) is 4. The van der Waals surface area contributed by atoms with E-state index in [1.165, 1.54) is 34.7 Å². The van der Waals surface area contributed by atoms with Crippen LogP contribution < -0.4 is 11.2 Å². The highest BCUT2D eigenvalue weighted by atomic mass is 33.1. The van der Waals surface area contributed by atoms with Gasteiger partial charge < -0.3 is 24.2 Å². The largest absolute Gasteiger partial charge is 0.479 e. The van der Waals surface area contributed by atoms with E-state index in [0.717, 1.165) is 4.57 Å². The fourth-order valence-corrected chi connectivity index (χ4v) is 5.85. The van der Waals surface area contributed by atoms with Crippen molar-refractivity contribution < 1.29 is 51.0 Å². The van der Waals surface area contributed by atoms with Crippen LogP contribution in [0.1, 0.15) is 18.2 Å². The number of nitrogens with zero attached hydrogens (tertiary/aromatic N) is 1. The van der Waals surface area contributed by atoms with Crippen molar-refractivity contribution in [2.45, 2.75) is 31.8 Å². The highest BCUT2D eigenvalue weighted by Crippen LogP contribution is 2.58. The molecule has 1 aromatic rings. The van der Waals surface area contributed by atoms with Gasteiger partial charge in [-0.15, -0.1) is 0 Å². The smallest absolute Gasteiger partial charge is 0.364 e. The normalized spacial score (nSPS) is 24.3. The predicted molar refractivity (Wildman–Crippen MR) is 114 cm³/mol. The number of ether oxygens (including phenoxy) is 2. The summed E-state index contributed by atoms with van der Waals surface area (Å²) in [7, 11) is -11.5. The van der Waals surface area contributed by atoms with E-state index in [1.54, 1.807) is 0 Å². The summed E-state index contributed by atoms with van der Waals surface area (Å²) in [6, 6.07) is 0. The summed E-state index contributed by atoms with van der Waals surface area (Å²) in [5.74, 6) is 0.217. The molecule has 1 aliphatic heterocycles. The molecule has 15 nitrogen and oxygen atoms in total. The average Bonchev–Trinajstić information content (AvgIpc) is 3.04. The molecule has 32 heavy (non-hydrogen) atoms.